The van der Waals surface area contributed by atoms with Gasteiger partial charge in [0, 0.05) is 13.1 Å². The normalized spacial score (nSPS) is 10.8. The van der Waals surface area contributed by atoms with Gasteiger partial charge < -0.3 is 19.3 Å². The Hall–Kier alpha value is -2.86. The molecule has 136 valence electrons. The number of para-hydroxylation sites is 3. The van der Waals surface area contributed by atoms with Crippen molar-refractivity contribution >= 4 is 16.9 Å². The van der Waals surface area contributed by atoms with E-state index in [0.29, 0.717) is 18.9 Å². The van der Waals surface area contributed by atoms with Gasteiger partial charge in [0.1, 0.15) is 24.7 Å². The van der Waals surface area contributed by atoms with Crippen molar-refractivity contribution in [2.45, 2.75) is 20.1 Å². The summed E-state index contributed by atoms with van der Waals surface area (Å²) in [5, 5.41) is 9.15. The van der Waals surface area contributed by atoms with Crippen molar-refractivity contribution in [3.63, 3.8) is 0 Å². The van der Waals surface area contributed by atoms with Crippen molar-refractivity contribution in [1.82, 2.24) is 14.5 Å². The number of benzene rings is 2. The van der Waals surface area contributed by atoms with Crippen molar-refractivity contribution in [3.05, 3.63) is 60.4 Å². The molecule has 3 rings (SSSR count). The van der Waals surface area contributed by atoms with E-state index in [-0.39, 0.29) is 25.7 Å². The summed E-state index contributed by atoms with van der Waals surface area (Å²) in [6.07, 6.45) is 0. The van der Waals surface area contributed by atoms with Gasteiger partial charge in [0.15, 0.2) is 0 Å². The maximum absolute atomic E-state index is 12.6. The van der Waals surface area contributed by atoms with Crippen molar-refractivity contribution in [3.8, 4) is 5.75 Å². The maximum Gasteiger partial charge on any atom is 0.242 e. The number of imidazole rings is 1. The van der Waals surface area contributed by atoms with Crippen molar-refractivity contribution in [2.75, 3.05) is 19.7 Å². The lowest BCUT2D eigenvalue weighted by molar-refractivity contribution is -0.132. The summed E-state index contributed by atoms with van der Waals surface area (Å²) in [6, 6.07) is 17.3. The summed E-state index contributed by atoms with van der Waals surface area (Å²) in [5.74, 6) is 1.40. The van der Waals surface area contributed by atoms with Crippen molar-refractivity contribution < 1.29 is 14.6 Å². The van der Waals surface area contributed by atoms with E-state index in [0.717, 1.165) is 16.8 Å². The first-order valence-electron chi connectivity index (χ1n) is 8.73. The van der Waals surface area contributed by atoms with E-state index in [1.165, 1.54) is 0 Å². The molecule has 6 nitrogen and oxygen atoms in total. The highest BCUT2D eigenvalue weighted by atomic mass is 16.5. The van der Waals surface area contributed by atoms with E-state index in [1.54, 1.807) is 4.90 Å². The monoisotopic (exact) mass is 353 g/mol. The fraction of sp³-hybridized carbons (Fsp3) is 0.300. The van der Waals surface area contributed by atoms with Gasteiger partial charge in [0.25, 0.3) is 0 Å². The number of aliphatic hydroxyl groups excluding tert-OH is 1. The van der Waals surface area contributed by atoms with Crippen LogP contribution >= 0.6 is 0 Å². The van der Waals surface area contributed by atoms with E-state index < -0.39 is 0 Å². The standard InChI is InChI=1S/C20H23N3O3/c1-2-22(12-13-24)20(25)14-23-18-11-7-6-10-17(18)21-19(23)15-26-16-8-4-3-5-9-16/h3-11,24H,2,12-15H2,1H3. The number of hydrogen-bond acceptors (Lipinski definition) is 4. The number of carbonyl (C=O) groups is 1. The fourth-order valence-electron chi connectivity index (χ4n) is 2.89. The van der Waals surface area contributed by atoms with Crippen LogP contribution in [0.25, 0.3) is 11.0 Å². The third kappa shape index (κ3) is 4.03. The van der Waals surface area contributed by atoms with E-state index in [4.69, 9.17) is 9.84 Å². The quantitative estimate of drug-likeness (QED) is 0.675. The number of carbonyl (C=O) groups excluding carboxylic acids is 1. The Morgan fingerprint density at radius 2 is 1.88 bits per heavy atom. The van der Waals surface area contributed by atoms with E-state index in [2.05, 4.69) is 4.98 Å². The Morgan fingerprint density at radius 3 is 2.62 bits per heavy atom. The third-order valence-corrected chi connectivity index (χ3v) is 4.24. The van der Waals surface area contributed by atoms with Gasteiger partial charge in [0.05, 0.1) is 17.6 Å². The second-order valence-corrected chi connectivity index (χ2v) is 5.90. The van der Waals surface area contributed by atoms with Crippen LogP contribution in [-0.2, 0) is 17.9 Å². The average molecular weight is 353 g/mol. The molecule has 1 aromatic heterocycles. The number of aliphatic hydroxyl groups is 1. The molecule has 0 aliphatic heterocycles. The lowest BCUT2D eigenvalue weighted by Gasteiger charge is -2.20. The molecule has 6 heteroatoms. The summed E-state index contributed by atoms with van der Waals surface area (Å²) < 4.78 is 7.72. The molecule has 0 aliphatic rings. The maximum atomic E-state index is 12.6. The number of fused-ring (bicyclic) bond motifs is 1. The van der Waals surface area contributed by atoms with Gasteiger partial charge in [-0.2, -0.15) is 0 Å². The van der Waals surface area contributed by atoms with Crippen LogP contribution in [0.3, 0.4) is 0 Å². The molecule has 1 N–H and O–H groups in total. The number of nitrogens with zero attached hydrogens (tertiary/aromatic N) is 3. The molecule has 26 heavy (non-hydrogen) atoms. The smallest absolute Gasteiger partial charge is 0.242 e. The van der Waals surface area contributed by atoms with Gasteiger partial charge in [-0.05, 0) is 31.2 Å². The number of aromatic nitrogens is 2. The fourth-order valence-corrected chi connectivity index (χ4v) is 2.89. The zero-order chi connectivity index (χ0) is 18.4. The van der Waals surface area contributed by atoms with E-state index in [1.807, 2.05) is 66.1 Å². The van der Waals surface area contributed by atoms with E-state index in [9.17, 15) is 4.79 Å². The molecule has 3 aromatic rings. The second kappa shape index (κ2) is 8.49. The SMILES string of the molecule is CCN(CCO)C(=O)Cn1c(COc2ccccc2)nc2ccccc21. The summed E-state index contributed by atoms with van der Waals surface area (Å²) in [7, 11) is 0. The largest absolute Gasteiger partial charge is 0.486 e. The Morgan fingerprint density at radius 1 is 1.15 bits per heavy atom. The molecule has 0 aliphatic carbocycles. The van der Waals surface area contributed by atoms with Crippen LogP contribution in [0.15, 0.2) is 54.6 Å². The van der Waals surface area contributed by atoms with Crippen LogP contribution < -0.4 is 4.74 Å². The molecule has 0 spiro atoms. The predicted molar refractivity (Wildman–Crippen MR) is 99.8 cm³/mol. The molecule has 0 atom stereocenters. The minimum atomic E-state index is -0.0503. The highest BCUT2D eigenvalue weighted by molar-refractivity contribution is 5.81. The molecular weight excluding hydrogens is 330 g/mol. The zero-order valence-electron chi connectivity index (χ0n) is 14.8. The minimum absolute atomic E-state index is 0.0474. The first-order chi connectivity index (χ1) is 12.7. The van der Waals surface area contributed by atoms with Crippen LogP contribution in [0, 0.1) is 0 Å². The van der Waals surface area contributed by atoms with Crippen LogP contribution in [-0.4, -0.2) is 45.2 Å². The molecule has 1 amide bonds. The zero-order valence-corrected chi connectivity index (χ0v) is 14.8. The molecule has 2 aromatic carbocycles. The second-order valence-electron chi connectivity index (χ2n) is 5.90. The van der Waals surface area contributed by atoms with Crippen molar-refractivity contribution in [2.24, 2.45) is 0 Å². The Kier molecular flexibility index (Phi) is 5.86. The molecule has 0 radical (unpaired) electrons. The van der Waals surface area contributed by atoms with Gasteiger partial charge in [-0.3, -0.25) is 4.79 Å². The third-order valence-electron chi connectivity index (χ3n) is 4.24. The van der Waals surface area contributed by atoms with E-state index >= 15 is 0 Å². The Bertz CT molecular complexity index is 861. The molecule has 1 heterocycles. The number of ether oxygens (including phenoxy) is 1. The van der Waals surface area contributed by atoms with Crippen LogP contribution in [0.4, 0.5) is 0 Å². The first kappa shape index (κ1) is 17.9. The minimum Gasteiger partial charge on any atom is -0.486 e. The Balaban J connectivity index is 1.85. The summed E-state index contributed by atoms with van der Waals surface area (Å²) in [5.41, 5.74) is 1.73. The molecule has 0 fully saturated rings. The number of hydrogen-bond donors (Lipinski definition) is 1. The van der Waals surface area contributed by atoms with Gasteiger partial charge in [-0.1, -0.05) is 30.3 Å². The van der Waals surface area contributed by atoms with Gasteiger partial charge in [0.2, 0.25) is 5.91 Å². The van der Waals surface area contributed by atoms with Gasteiger partial charge >= 0.3 is 0 Å². The predicted octanol–water partition coefficient (Wildman–Crippen LogP) is 2.46. The highest BCUT2D eigenvalue weighted by Gasteiger charge is 2.17. The first-order valence-corrected chi connectivity index (χ1v) is 8.73. The molecule has 0 bridgehead atoms. The lowest BCUT2D eigenvalue weighted by Crippen LogP contribution is -2.36. The average Bonchev–Trinajstić information content (AvgIpc) is 3.02. The molecule has 0 unspecified atom stereocenters. The number of rotatable bonds is 8. The highest BCUT2D eigenvalue weighted by Crippen LogP contribution is 2.18. The van der Waals surface area contributed by atoms with Crippen LogP contribution in [0.2, 0.25) is 0 Å². The summed E-state index contributed by atoms with van der Waals surface area (Å²) in [4.78, 5) is 18.9. The van der Waals surface area contributed by atoms with Gasteiger partial charge in [-0.25, -0.2) is 4.98 Å². The summed E-state index contributed by atoms with van der Waals surface area (Å²) >= 11 is 0. The van der Waals surface area contributed by atoms with Crippen LogP contribution in [0.5, 0.6) is 5.75 Å². The van der Waals surface area contributed by atoms with Crippen molar-refractivity contribution in [1.29, 1.82) is 0 Å². The number of amides is 1. The summed E-state index contributed by atoms with van der Waals surface area (Å²) in [6.45, 7) is 3.19. The Labute approximate surface area is 152 Å². The number of likely N-dealkylation sites (N-methyl/N-ethyl adjacent to an activating group) is 1. The topological polar surface area (TPSA) is 67.6 Å². The van der Waals surface area contributed by atoms with Gasteiger partial charge in [-0.15, -0.1) is 0 Å². The molecule has 0 saturated heterocycles. The lowest BCUT2D eigenvalue weighted by atomic mass is 10.3. The molecule has 0 saturated carbocycles. The molecular formula is C20H23N3O3. The van der Waals surface area contributed by atoms with Crippen LogP contribution in [0.1, 0.15) is 12.7 Å².